The van der Waals surface area contributed by atoms with Crippen LogP contribution in [0.15, 0.2) is 22.7 Å². The van der Waals surface area contributed by atoms with Crippen molar-refractivity contribution < 1.29 is 9.47 Å². The van der Waals surface area contributed by atoms with E-state index in [-0.39, 0.29) is 6.10 Å². The molecule has 6 heteroatoms. The normalized spacial score (nSPS) is 14.8. The maximum atomic E-state index is 6.13. The molecule has 1 aliphatic rings. The maximum absolute atomic E-state index is 6.13. The Hall–Kier alpha value is -1.69. The van der Waals surface area contributed by atoms with Gasteiger partial charge in [-0.05, 0) is 31.4 Å². The first kappa shape index (κ1) is 14.3. The van der Waals surface area contributed by atoms with Crippen molar-refractivity contribution >= 4 is 21.7 Å². The van der Waals surface area contributed by atoms with E-state index in [1.165, 1.54) is 6.42 Å². The van der Waals surface area contributed by atoms with Crippen LogP contribution in [-0.4, -0.2) is 23.0 Å². The van der Waals surface area contributed by atoms with Gasteiger partial charge in [0.05, 0.1) is 18.9 Å². The van der Waals surface area contributed by atoms with Gasteiger partial charge in [-0.25, -0.2) is 0 Å². The fraction of sp³-hybridized carbons (Fsp3) is 0.400. The standard InChI is InChI=1S/C15H18BrN3O2/c1-19-14(17)8-12(18-19)11-6-9(16)7-13(20-2)15(11)21-10-4-3-5-10/h6-8,10H,3-5,17H2,1-2H3. The van der Waals surface area contributed by atoms with E-state index in [9.17, 15) is 0 Å². The van der Waals surface area contributed by atoms with Crippen molar-refractivity contribution in [3.05, 3.63) is 22.7 Å². The number of ether oxygens (including phenoxy) is 2. The number of methoxy groups -OCH3 is 1. The Balaban J connectivity index is 2.09. The van der Waals surface area contributed by atoms with Crippen molar-refractivity contribution in [3.8, 4) is 22.8 Å². The molecule has 21 heavy (non-hydrogen) atoms. The Morgan fingerprint density at radius 2 is 2.10 bits per heavy atom. The average Bonchev–Trinajstić information content (AvgIpc) is 2.74. The Kier molecular flexibility index (Phi) is 3.80. The van der Waals surface area contributed by atoms with E-state index in [4.69, 9.17) is 15.2 Å². The summed E-state index contributed by atoms with van der Waals surface area (Å²) in [6.07, 6.45) is 3.65. The van der Waals surface area contributed by atoms with Gasteiger partial charge in [0.2, 0.25) is 0 Å². The van der Waals surface area contributed by atoms with E-state index in [1.54, 1.807) is 11.8 Å². The molecular formula is C15H18BrN3O2. The lowest BCUT2D eigenvalue weighted by Crippen LogP contribution is -2.25. The van der Waals surface area contributed by atoms with E-state index < -0.39 is 0 Å². The van der Waals surface area contributed by atoms with Crippen LogP contribution in [0.1, 0.15) is 19.3 Å². The Morgan fingerprint density at radius 1 is 1.33 bits per heavy atom. The number of rotatable bonds is 4. The van der Waals surface area contributed by atoms with Crippen molar-refractivity contribution in [1.82, 2.24) is 9.78 Å². The van der Waals surface area contributed by atoms with Crippen LogP contribution in [0.25, 0.3) is 11.3 Å². The molecule has 0 amide bonds. The highest BCUT2D eigenvalue weighted by Crippen LogP contribution is 2.42. The van der Waals surface area contributed by atoms with E-state index >= 15 is 0 Å². The van der Waals surface area contributed by atoms with Crippen LogP contribution in [0.3, 0.4) is 0 Å². The number of nitrogen functional groups attached to an aromatic ring is 1. The maximum Gasteiger partial charge on any atom is 0.171 e. The van der Waals surface area contributed by atoms with Gasteiger partial charge >= 0.3 is 0 Å². The molecule has 1 fully saturated rings. The Labute approximate surface area is 132 Å². The van der Waals surface area contributed by atoms with Crippen molar-refractivity contribution in [1.29, 1.82) is 0 Å². The van der Waals surface area contributed by atoms with E-state index in [0.29, 0.717) is 11.6 Å². The number of anilines is 1. The minimum absolute atomic E-state index is 0.264. The number of nitrogens with zero attached hydrogens (tertiary/aromatic N) is 2. The van der Waals surface area contributed by atoms with Crippen molar-refractivity contribution in [2.75, 3.05) is 12.8 Å². The zero-order chi connectivity index (χ0) is 15.0. The molecule has 1 saturated carbocycles. The van der Waals surface area contributed by atoms with Gasteiger partial charge < -0.3 is 15.2 Å². The third kappa shape index (κ3) is 2.72. The molecule has 1 aromatic carbocycles. The van der Waals surface area contributed by atoms with Crippen LogP contribution in [0.5, 0.6) is 11.5 Å². The summed E-state index contributed by atoms with van der Waals surface area (Å²) in [7, 11) is 3.46. The summed E-state index contributed by atoms with van der Waals surface area (Å²) in [5.41, 5.74) is 7.56. The molecule has 3 rings (SSSR count). The quantitative estimate of drug-likeness (QED) is 0.917. The highest BCUT2D eigenvalue weighted by atomic mass is 79.9. The number of hydrogen-bond acceptors (Lipinski definition) is 4. The van der Waals surface area contributed by atoms with Crippen LogP contribution in [0.4, 0.5) is 5.82 Å². The Morgan fingerprint density at radius 3 is 2.62 bits per heavy atom. The summed E-state index contributed by atoms with van der Waals surface area (Å²) < 4.78 is 14.2. The van der Waals surface area contributed by atoms with Crippen LogP contribution in [0.2, 0.25) is 0 Å². The molecule has 5 nitrogen and oxygen atoms in total. The van der Waals surface area contributed by atoms with Crippen LogP contribution in [0, 0.1) is 0 Å². The van der Waals surface area contributed by atoms with Gasteiger partial charge in [-0.2, -0.15) is 5.10 Å². The van der Waals surface area contributed by atoms with E-state index in [0.717, 1.165) is 34.3 Å². The first-order chi connectivity index (χ1) is 10.1. The zero-order valence-electron chi connectivity index (χ0n) is 12.1. The molecule has 0 bridgehead atoms. The smallest absolute Gasteiger partial charge is 0.171 e. The second kappa shape index (κ2) is 5.60. The summed E-state index contributed by atoms with van der Waals surface area (Å²) in [4.78, 5) is 0. The molecule has 0 unspecified atom stereocenters. The monoisotopic (exact) mass is 351 g/mol. The summed E-state index contributed by atoms with van der Waals surface area (Å²) in [6, 6.07) is 5.73. The predicted molar refractivity (Wildman–Crippen MR) is 85.6 cm³/mol. The largest absolute Gasteiger partial charge is 0.493 e. The minimum Gasteiger partial charge on any atom is -0.493 e. The molecular weight excluding hydrogens is 334 g/mol. The van der Waals surface area contributed by atoms with Gasteiger partial charge in [0, 0.05) is 23.2 Å². The molecule has 2 aromatic rings. The van der Waals surface area contributed by atoms with Gasteiger partial charge in [0.25, 0.3) is 0 Å². The average molecular weight is 352 g/mol. The zero-order valence-corrected chi connectivity index (χ0v) is 13.7. The molecule has 0 spiro atoms. The molecule has 1 aromatic heterocycles. The van der Waals surface area contributed by atoms with Gasteiger partial charge in [0.1, 0.15) is 5.82 Å². The van der Waals surface area contributed by atoms with E-state index in [1.807, 2.05) is 25.2 Å². The van der Waals surface area contributed by atoms with Crippen LogP contribution < -0.4 is 15.2 Å². The number of hydrogen-bond donors (Lipinski definition) is 1. The van der Waals surface area contributed by atoms with Gasteiger partial charge in [-0.15, -0.1) is 0 Å². The number of aromatic nitrogens is 2. The topological polar surface area (TPSA) is 62.3 Å². The first-order valence-corrected chi connectivity index (χ1v) is 7.72. The minimum atomic E-state index is 0.264. The fourth-order valence-electron chi connectivity index (χ4n) is 2.30. The molecule has 0 radical (unpaired) electrons. The fourth-order valence-corrected chi connectivity index (χ4v) is 2.74. The molecule has 1 aliphatic carbocycles. The first-order valence-electron chi connectivity index (χ1n) is 6.92. The summed E-state index contributed by atoms with van der Waals surface area (Å²) in [6.45, 7) is 0. The van der Waals surface area contributed by atoms with Crippen LogP contribution >= 0.6 is 15.9 Å². The number of halogens is 1. The third-order valence-electron chi connectivity index (χ3n) is 3.77. The summed E-state index contributed by atoms with van der Waals surface area (Å²) >= 11 is 3.51. The molecule has 0 saturated heterocycles. The van der Waals surface area contributed by atoms with Crippen molar-refractivity contribution in [2.24, 2.45) is 7.05 Å². The lowest BCUT2D eigenvalue weighted by Gasteiger charge is -2.28. The molecule has 0 atom stereocenters. The van der Waals surface area contributed by atoms with Crippen molar-refractivity contribution in [2.45, 2.75) is 25.4 Å². The molecule has 112 valence electrons. The van der Waals surface area contributed by atoms with Gasteiger partial charge in [-0.3, -0.25) is 4.68 Å². The summed E-state index contributed by atoms with van der Waals surface area (Å²) in [5.74, 6) is 2.05. The van der Waals surface area contributed by atoms with Gasteiger partial charge in [0.15, 0.2) is 11.5 Å². The lowest BCUT2D eigenvalue weighted by molar-refractivity contribution is 0.116. The predicted octanol–water partition coefficient (Wildman–Crippen LogP) is 3.37. The van der Waals surface area contributed by atoms with Crippen molar-refractivity contribution in [3.63, 3.8) is 0 Å². The Bertz CT molecular complexity index is 646. The highest BCUT2D eigenvalue weighted by molar-refractivity contribution is 9.10. The van der Waals surface area contributed by atoms with E-state index in [2.05, 4.69) is 21.0 Å². The third-order valence-corrected chi connectivity index (χ3v) is 4.23. The molecule has 1 heterocycles. The van der Waals surface area contributed by atoms with Gasteiger partial charge in [-0.1, -0.05) is 15.9 Å². The number of benzene rings is 1. The SMILES string of the molecule is COc1cc(Br)cc(-c2cc(N)n(C)n2)c1OC1CCC1. The number of nitrogens with two attached hydrogens (primary N) is 1. The highest BCUT2D eigenvalue weighted by Gasteiger charge is 2.24. The summed E-state index contributed by atoms with van der Waals surface area (Å²) in [5, 5.41) is 4.44. The van der Waals surface area contributed by atoms with Crippen LogP contribution in [-0.2, 0) is 7.05 Å². The second-order valence-electron chi connectivity index (χ2n) is 5.23. The number of aryl methyl sites for hydroxylation is 1. The molecule has 0 aliphatic heterocycles. The second-order valence-corrected chi connectivity index (χ2v) is 6.15. The molecule has 2 N–H and O–H groups in total. The lowest BCUT2D eigenvalue weighted by atomic mass is 9.96.